The fourth-order valence-electron chi connectivity index (χ4n) is 3.87. The summed E-state index contributed by atoms with van der Waals surface area (Å²) >= 11 is 5.71. The SMILES string of the molecule is C1CCCCC1.Cn1ccc2cc(-c3ncc(Cl)c(N)n3)c(F)c(F)c2c1=O.Nc1cn[nH]c(=O)c1C(F)(F)F. The van der Waals surface area contributed by atoms with Crippen molar-refractivity contribution in [1.82, 2.24) is 24.7 Å². The van der Waals surface area contributed by atoms with Crippen LogP contribution in [0.4, 0.5) is 33.5 Å². The lowest BCUT2D eigenvalue weighted by Crippen LogP contribution is -2.24. The van der Waals surface area contributed by atoms with Crippen molar-refractivity contribution in [3.63, 3.8) is 0 Å². The van der Waals surface area contributed by atoms with Gasteiger partial charge in [0.15, 0.2) is 17.5 Å². The molecular formula is C25H25ClF5N7O2. The van der Waals surface area contributed by atoms with Crippen LogP contribution in [0.5, 0.6) is 0 Å². The number of pyridine rings is 1. The van der Waals surface area contributed by atoms with Crippen molar-refractivity contribution in [3.8, 4) is 11.4 Å². The average Bonchev–Trinajstić information content (AvgIpc) is 2.91. The second kappa shape index (κ2) is 12.9. The topological polar surface area (TPSA) is 146 Å². The van der Waals surface area contributed by atoms with Gasteiger partial charge in [0.25, 0.3) is 11.1 Å². The first kappa shape index (κ1) is 30.5. The van der Waals surface area contributed by atoms with Gasteiger partial charge in [-0.25, -0.2) is 23.8 Å². The minimum absolute atomic E-state index is 0.0458. The Hall–Kier alpha value is -4.07. The van der Waals surface area contributed by atoms with E-state index in [1.165, 1.54) is 74.7 Å². The van der Waals surface area contributed by atoms with Gasteiger partial charge in [-0.2, -0.15) is 18.3 Å². The Morgan fingerprint density at radius 3 is 2.10 bits per heavy atom. The molecule has 15 heteroatoms. The summed E-state index contributed by atoms with van der Waals surface area (Å²) < 4.78 is 65.7. The fourth-order valence-corrected chi connectivity index (χ4v) is 3.96. The summed E-state index contributed by atoms with van der Waals surface area (Å²) in [6.07, 6.45) is 7.67. The smallest absolute Gasteiger partial charge is 0.397 e. The van der Waals surface area contributed by atoms with Gasteiger partial charge in [0, 0.05) is 13.2 Å². The Balaban J connectivity index is 0.000000204. The van der Waals surface area contributed by atoms with E-state index in [1.54, 1.807) is 5.10 Å². The van der Waals surface area contributed by atoms with E-state index in [0.717, 1.165) is 6.20 Å². The molecule has 40 heavy (non-hydrogen) atoms. The molecule has 1 saturated carbocycles. The molecule has 0 unspecified atom stereocenters. The highest BCUT2D eigenvalue weighted by atomic mass is 35.5. The van der Waals surface area contributed by atoms with Crippen molar-refractivity contribution in [3.05, 3.63) is 73.7 Å². The predicted octanol–water partition coefficient (Wildman–Crippen LogP) is 5.22. The fraction of sp³-hybridized carbons (Fsp3) is 0.320. The molecule has 0 aliphatic heterocycles. The standard InChI is InChI=1S/C14H9ClF2N4O.C6H12.C5H4F3N3O/c1-21-3-2-6-4-7(10(16)11(17)9(6)14(21)22)13-19-5-8(15)12(18)20-13;1-2-4-6-5-3-1;6-5(7,8)3-2(9)1-10-11-4(3)12/h2-5H,1H3,(H2,18,19,20);1-6H2;1H,(H3,9,11,12). The van der Waals surface area contributed by atoms with Gasteiger partial charge in [0.1, 0.15) is 16.4 Å². The van der Waals surface area contributed by atoms with Gasteiger partial charge in [-0.05, 0) is 17.5 Å². The van der Waals surface area contributed by atoms with E-state index in [0.29, 0.717) is 0 Å². The number of halogens is 6. The van der Waals surface area contributed by atoms with Crippen LogP contribution < -0.4 is 22.6 Å². The number of H-pyrrole nitrogens is 1. The minimum atomic E-state index is -4.74. The molecule has 1 fully saturated rings. The molecule has 1 aliphatic carbocycles. The number of fused-ring (bicyclic) bond motifs is 1. The number of hydrogen-bond donors (Lipinski definition) is 3. The highest BCUT2D eigenvalue weighted by Crippen LogP contribution is 2.30. The lowest BCUT2D eigenvalue weighted by atomic mass is 10.0. The Kier molecular flexibility index (Phi) is 9.79. The third-order valence-electron chi connectivity index (χ3n) is 5.93. The number of nitrogen functional groups attached to an aromatic ring is 2. The van der Waals surface area contributed by atoms with Crippen molar-refractivity contribution in [1.29, 1.82) is 0 Å². The van der Waals surface area contributed by atoms with Crippen LogP contribution in [0.2, 0.25) is 5.02 Å². The van der Waals surface area contributed by atoms with Gasteiger partial charge < -0.3 is 16.0 Å². The molecule has 1 aliphatic rings. The maximum atomic E-state index is 14.3. The monoisotopic (exact) mass is 585 g/mol. The summed E-state index contributed by atoms with van der Waals surface area (Å²) in [6.45, 7) is 0. The number of nitrogens with zero attached hydrogens (tertiary/aromatic N) is 4. The number of alkyl halides is 3. The van der Waals surface area contributed by atoms with Gasteiger partial charge in [0.05, 0.1) is 29.0 Å². The molecule has 4 aromatic rings. The largest absolute Gasteiger partial charge is 0.423 e. The summed E-state index contributed by atoms with van der Waals surface area (Å²) in [4.78, 5) is 30.2. The van der Waals surface area contributed by atoms with E-state index >= 15 is 0 Å². The lowest BCUT2D eigenvalue weighted by molar-refractivity contribution is -0.138. The molecule has 9 nitrogen and oxygen atoms in total. The number of hydrogen-bond acceptors (Lipinski definition) is 7. The van der Waals surface area contributed by atoms with Crippen molar-refractivity contribution in [2.24, 2.45) is 7.05 Å². The van der Waals surface area contributed by atoms with Gasteiger partial charge in [-0.15, -0.1) is 0 Å². The van der Waals surface area contributed by atoms with Gasteiger partial charge in [-0.3, -0.25) is 9.59 Å². The normalized spacial score (nSPS) is 13.2. The number of nitrogens with two attached hydrogens (primary N) is 2. The van der Waals surface area contributed by atoms with Crippen molar-refractivity contribution < 1.29 is 22.0 Å². The molecule has 5 N–H and O–H groups in total. The highest BCUT2D eigenvalue weighted by Gasteiger charge is 2.36. The van der Waals surface area contributed by atoms with Crippen LogP contribution in [0.25, 0.3) is 22.2 Å². The lowest BCUT2D eigenvalue weighted by Gasteiger charge is -2.08. The summed E-state index contributed by atoms with van der Waals surface area (Å²) in [5.74, 6) is -2.61. The van der Waals surface area contributed by atoms with E-state index in [4.69, 9.17) is 23.1 Å². The van der Waals surface area contributed by atoms with Crippen LogP contribution in [-0.2, 0) is 13.2 Å². The molecule has 3 heterocycles. The molecule has 0 radical (unpaired) electrons. The summed E-state index contributed by atoms with van der Waals surface area (Å²) in [5.41, 5.74) is 6.22. The molecule has 0 amide bonds. The first-order valence-electron chi connectivity index (χ1n) is 12.0. The zero-order valence-corrected chi connectivity index (χ0v) is 21.9. The van der Waals surface area contributed by atoms with Crippen LogP contribution in [0.3, 0.4) is 0 Å². The minimum Gasteiger partial charge on any atom is -0.397 e. The molecule has 0 spiro atoms. The molecule has 0 atom stereocenters. The Morgan fingerprint density at radius 1 is 1.00 bits per heavy atom. The molecule has 1 aromatic carbocycles. The van der Waals surface area contributed by atoms with Gasteiger partial charge in [0.2, 0.25) is 0 Å². The van der Waals surface area contributed by atoms with Crippen LogP contribution in [0, 0.1) is 11.6 Å². The summed E-state index contributed by atoms with van der Waals surface area (Å²) in [6, 6.07) is 2.81. The van der Waals surface area contributed by atoms with E-state index in [1.807, 2.05) is 0 Å². The van der Waals surface area contributed by atoms with Crippen LogP contribution >= 0.6 is 11.6 Å². The average molecular weight is 586 g/mol. The molecule has 5 rings (SSSR count). The second-order valence-electron chi connectivity index (χ2n) is 8.82. The van der Waals surface area contributed by atoms with E-state index in [9.17, 15) is 31.5 Å². The zero-order valence-electron chi connectivity index (χ0n) is 21.2. The number of nitrogens with one attached hydrogen (secondary N) is 1. The summed E-state index contributed by atoms with van der Waals surface area (Å²) in [7, 11) is 1.45. The summed E-state index contributed by atoms with van der Waals surface area (Å²) in [5, 5.41) is 4.77. The molecular weight excluding hydrogens is 561 g/mol. The van der Waals surface area contributed by atoms with Crippen molar-refractivity contribution in [2.75, 3.05) is 11.5 Å². The number of anilines is 2. The number of aromatic nitrogens is 5. The third-order valence-corrected chi connectivity index (χ3v) is 6.22. The second-order valence-corrected chi connectivity index (χ2v) is 9.23. The Morgan fingerprint density at radius 2 is 1.60 bits per heavy atom. The quantitative estimate of drug-likeness (QED) is 0.260. The van der Waals surface area contributed by atoms with Crippen LogP contribution in [0.15, 0.2) is 40.3 Å². The van der Waals surface area contributed by atoms with Crippen molar-refractivity contribution in [2.45, 2.75) is 44.7 Å². The molecule has 0 bridgehead atoms. The number of aromatic amines is 1. The number of aryl methyl sites for hydroxylation is 1. The van der Waals surface area contributed by atoms with Crippen LogP contribution in [-0.4, -0.2) is 24.7 Å². The maximum absolute atomic E-state index is 14.3. The zero-order chi connectivity index (χ0) is 29.6. The van der Waals surface area contributed by atoms with E-state index in [2.05, 4.69) is 15.1 Å². The predicted molar refractivity (Wildman–Crippen MR) is 142 cm³/mol. The first-order valence-corrected chi connectivity index (χ1v) is 12.4. The Labute approximate surface area is 229 Å². The number of rotatable bonds is 1. The van der Waals surface area contributed by atoms with Gasteiger partial charge >= 0.3 is 6.18 Å². The molecule has 214 valence electrons. The Bertz CT molecular complexity index is 1610. The van der Waals surface area contributed by atoms with Crippen LogP contribution in [0.1, 0.15) is 44.1 Å². The highest BCUT2D eigenvalue weighted by molar-refractivity contribution is 6.32. The van der Waals surface area contributed by atoms with Crippen molar-refractivity contribution >= 4 is 33.9 Å². The van der Waals surface area contributed by atoms with E-state index in [-0.39, 0.29) is 33.0 Å². The molecule has 0 saturated heterocycles. The number of benzene rings is 1. The third kappa shape index (κ3) is 7.11. The van der Waals surface area contributed by atoms with Gasteiger partial charge in [-0.1, -0.05) is 50.1 Å². The molecule has 3 aromatic heterocycles. The first-order chi connectivity index (χ1) is 18.8. The van der Waals surface area contributed by atoms with E-state index < -0.39 is 40.2 Å². The maximum Gasteiger partial charge on any atom is 0.423 e.